The number of carbonyl (C=O) groups excluding carboxylic acids is 2. The monoisotopic (exact) mass is 341 g/mol. The van der Waals surface area contributed by atoms with Gasteiger partial charge in [0.1, 0.15) is 11.3 Å². The minimum absolute atomic E-state index is 0.0902. The maximum atomic E-state index is 12.4. The van der Waals surface area contributed by atoms with Crippen molar-refractivity contribution in [3.63, 3.8) is 0 Å². The Hall–Kier alpha value is -1.69. The quantitative estimate of drug-likeness (QED) is 0.898. The van der Waals surface area contributed by atoms with Gasteiger partial charge in [-0.2, -0.15) is 0 Å². The molecule has 2 heterocycles. The predicted octanol–water partition coefficient (Wildman–Crippen LogP) is 3.14. The summed E-state index contributed by atoms with van der Waals surface area (Å²) in [5.74, 6) is -0.0902. The van der Waals surface area contributed by atoms with Crippen molar-refractivity contribution in [2.75, 3.05) is 20.1 Å². The Morgan fingerprint density at radius 2 is 1.96 bits per heavy atom. The summed E-state index contributed by atoms with van der Waals surface area (Å²) in [5.41, 5.74) is -0.0137. The van der Waals surface area contributed by atoms with Crippen LogP contribution in [0.15, 0.2) is 12.3 Å². The van der Waals surface area contributed by atoms with E-state index in [2.05, 4.69) is 4.98 Å². The number of nitrogens with zero attached hydrogens (tertiary/aromatic N) is 2. The molecule has 0 radical (unpaired) electrons. The van der Waals surface area contributed by atoms with Gasteiger partial charge in [0.2, 0.25) is 0 Å². The van der Waals surface area contributed by atoms with Gasteiger partial charge < -0.3 is 19.5 Å². The van der Waals surface area contributed by atoms with Gasteiger partial charge in [-0.25, -0.2) is 4.79 Å². The molecule has 1 aromatic rings. The highest BCUT2D eigenvalue weighted by molar-refractivity contribution is 6.30. The molecule has 1 aliphatic rings. The van der Waals surface area contributed by atoms with Crippen molar-refractivity contribution in [3.8, 4) is 0 Å². The number of likely N-dealkylation sites (tertiary alicyclic amines) is 1. The summed E-state index contributed by atoms with van der Waals surface area (Å²) in [7, 11) is 1.78. The molecule has 2 rings (SSSR count). The van der Waals surface area contributed by atoms with Gasteiger partial charge in [0.25, 0.3) is 5.91 Å². The number of hydrogen-bond acceptors (Lipinski definition) is 3. The fourth-order valence-corrected chi connectivity index (χ4v) is 2.77. The third-order valence-corrected chi connectivity index (χ3v) is 4.08. The van der Waals surface area contributed by atoms with Gasteiger partial charge in [0.15, 0.2) is 0 Å². The number of amides is 2. The first-order valence-corrected chi connectivity index (χ1v) is 8.14. The first-order valence-electron chi connectivity index (χ1n) is 7.76. The lowest BCUT2D eigenvalue weighted by Crippen LogP contribution is -2.48. The van der Waals surface area contributed by atoms with E-state index in [4.69, 9.17) is 16.3 Å². The molecule has 0 spiro atoms. The summed E-state index contributed by atoms with van der Waals surface area (Å²) >= 11 is 5.84. The highest BCUT2D eigenvalue weighted by atomic mass is 35.5. The SMILES string of the molecule is CN(C(=O)c1cc(Cl)c[nH]1)C1CCN(C(=O)OC(C)(C)C)CC1. The summed E-state index contributed by atoms with van der Waals surface area (Å²) in [6.45, 7) is 6.73. The molecule has 0 aromatic carbocycles. The maximum Gasteiger partial charge on any atom is 0.410 e. The van der Waals surface area contributed by atoms with Crippen molar-refractivity contribution in [2.24, 2.45) is 0 Å². The maximum absolute atomic E-state index is 12.4. The second-order valence-electron chi connectivity index (χ2n) is 6.85. The molecule has 0 bridgehead atoms. The number of ether oxygens (including phenoxy) is 1. The minimum Gasteiger partial charge on any atom is -0.444 e. The average molecular weight is 342 g/mol. The zero-order valence-electron chi connectivity index (χ0n) is 14.1. The summed E-state index contributed by atoms with van der Waals surface area (Å²) in [5, 5.41) is 0.515. The number of carbonyl (C=O) groups is 2. The summed E-state index contributed by atoms with van der Waals surface area (Å²) in [6.07, 6.45) is 2.76. The van der Waals surface area contributed by atoms with Gasteiger partial charge in [0.05, 0.1) is 5.02 Å². The summed E-state index contributed by atoms with van der Waals surface area (Å²) in [6, 6.07) is 1.72. The summed E-state index contributed by atoms with van der Waals surface area (Å²) < 4.78 is 5.38. The average Bonchev–Trinajstić information content (AvgIpc) is 2.90. The van der Waals surface area contributed by atoms with Crippen LogP contribution in [0.3, 0.4) is 0 Å². The number of aromatic amines is 1. The van der Waals surface area contributed by atoms with Crippen LogP contribution in [-0.4, -0.2) is 58.6 Å². The Kier molecular flexibility index (Phi) is 5.24. The van der Waals surface area contributed by atoms with Crippen LogP contribution in [0.25, 0.3) is 0 Å². The first kappa shape index (κ1) is 17.7. The Labute approximate surface area is 141 Å². The van der Waals surface area contributed by atoms with Gasteiger partial charge in [-0.05, 0) is 39.7 Å². The van der Waals surface area contributed by atoms with Crippen molar-refractivity contribution < 1.29 is 14.3 Å². The minimum atomic E-state index is -0.492. The molecule has 1 fully saturated rings. The lowest BCUT2D eigenvalue weighted by Gasteiger charge is -2.37. The number of piperidine rings is 1. The lowest BCUT2D eigenvalue weighted by molar-refractivity contribution is 0.0159. The zero-order valence-corrected chi connectivity index (χ0v) is 14.8. The molecule has 6 nitrogen and oxygen atoms in total. The Bertz CT molecular complexity index is 571. The van der Waals surface area contributed by atoms with E-state index in [1.54, 1.807) is 29.1 Å². The Morgan fingerprint density at radius 1 is 1.35 bits per heavy atom. The molecule has 2 amide bonds. The van der Waals surface area contributed by atoms with Crippen molar-refractivity contribution in [1.82, 2.24) is 14.8 Å². The molecule has 0 atom stereocenters. The van der Waals surface area contributed by atoms with Crippen LogP contribution in [0.4, 0.5) is 4.79 Å². The van der Waals surface area contributed by atoms with Gasteiger partial charge in [0, 0.05) is 32.4 Å². The molecule has 1 N–H and O–H groups in total. The molecule has 1 saturated heterocycles. The fourth-order valence-electron chi connectivity index (χ4n) is 2.61. The summed E-state index contributed by atoms with van der Waals surface area (Å²) in [4.78, 5) is 30.7. The van der Waals surface area contributed by atoms with E-state index < -0.39 is 5.60 Å². The van der Waals surface area contributed by atoms with E-state index in [0.717, 1.165) is 12.8 Å². The van der Waals surface area contributed by atoms with Gasteiger partial charge in [-0.15, -0.1) is 0 Å². The zero-order chi connectivity index (χ0) is 17.2. The van der Waals surface area contributed by atoms with E-state index in [9.17, 15) is 9.59 Å². The largest absolute Gasteiger partial charge is 0.444 e. The number of H-pyrrole nitrogens is 1. The van der Waals surface area contributed by atoms with Crippen LogP contribution in [-0.2, 0) is 4.74 Å². The molecule has 0 unspecified atom stereocenters. The van der Waals surface area contributed by atoms with E-state index in [1.807, 2.05) is 20.8 Å². The number of halogens is 1. The van der Waals surface area contributed by atoms with Gasteiger partial charge >= 0.3 is 6.09 Å². The molecule has 0 aliphatic carbocycles. The normalized spacial score (nSPS) is 16.3. The molecule has 23 heavy (non-hydrogen) atoms. The molecule has 0 saturated carbocycles. The Morgan fingerprint density at radius 3 is 2.43 bits per heavy atom. The fraction of sp³-hybridized carbons (Fsp3) is 0.625. The second-order valence-corrected chi connectivity index (χ2v) is 7.28. The van der Waals surface area contributed by atoms with Crippen molar-refractivity contribution in [2.45, 2.75) is 45.3 Å². The molecule has 1 aliphatic heterocycles. The smallest absolute Gasteiger partial charge is 0.410 e. The van der Waals surface area contributed by atoms with Crippen LogP contribution in [0.2, 0.25) is 5.02 Å². The van der Waals surface area contributed by atoms with Crippen LogP contribution in [0.1, 0.15) is 44.1 Å². The highest BCUT2D eigenvalue weighted by Gasteiger charge is 2.30. The Balaban J connectivity index is 1.88. The van der Waals surface area contributed by atoms with Crippen LogP contribution >= 0.6 is 11.6 Å². The topological polar surface area (TPSA) is 65.6 Å². The molecule has 1 aromatic heterocycles. The molecular formula is C16H24ClN3O3. The lowest BCUT2D eigenvalue weighted by atomic mass is 10.0. The number of aromatic nitrogens is 1. The second kappa shape index (κ2) is 6.83. The third-order valence-electron chi connectivity index (χ3n) is 3.86. The standard InChI is InChI=1S/C16H24ClN3O3/c1-16(2,3)23-15(22)20-7-5-12(6-8-20)19(4)14(21)13-9-11(17)10-18-13/h9-10,12,18H,5-8H2,1-4H3. The van der Waals surface area contributed by atoms with Crippen LogP contribution < -0.4 is 0 Å². The predicted molar refractivity (Wildman–Crippen MR) is 88.7 cm³/mol. The van der Waals surface area contributed by atoms with Crippen LogP contribution in [0.5, 0.6) is 0 Å². The number of hydrogen-bond donors (Lipinski definition) is 1. The first-order chi connectivity index (χ1) is 10.7. The molecule has 7 heteroatoms. The molecule has 128 valence electrons. The van der Waals surface area contributed by atoms with Crippen molar-refractivity contribution >= 4 is 23.6 Å². The van der Waals surface area contributed by atoms with E-state index in [-0.39, 0.29) is 18.0 Å². The van der Waals surface area contributed by atoms with Crippen molar-refractivity contribution in [3.05, 3.63) is 23.0 Å². The molecular weight excluding hydrogens is 318 g/mol. The van der Waals surface area contributed by atoms with Gasteiger partial charge in [-0.1, -0.05) is 11.6 Å². The number of nitrogens with one attached hydrogen (secondary N) is 1. The van der Waals surface area contributed by atoms with E-state index >= 15 is 0 Å². The number of rotatable bonds is 2. The van der Waals surface area contributed by atoms with Crippen LogP contribution in [0, 0.1) is 0 Å². The van der Waals surface area contributed by atoms with E-state index in [0.29, 0.717) is 23.8 Å². The van der Waals surface area contributed by atoms with E-state index in [1.165, 1.54) is 0 Å². The third kappa shape index (κ3) is 4.64. The highest BCUT2D eigenvalue weighted by Crippen LogP contribution is 2.20. The van der Waals surface area contributed by atoms with Gasteiger partial charge in [-0.3, -0.25) is 4.79 Å². The van der Waals surface area contributed by atoms with Crippen molar-refractivity contribution in [1.29, 1.82) is 0 Å².